The highest BCUT2D eigenvalue weighted by Gasteiger charge is 2.22. The number of alkyl halides is 1. The van der Waals surface area contributed by atoms with Crippen LogP contribution >= 0.6 is 15.9 Å². The average molecular weight is 286 g/mol. The van der Waals surface area contributed by atoms with Crippen molar-refractivity contribution in [3.63, 3.8) is 0 Å². The van der Waals surface area contributed by atoms with E-state index in [-0.39, 0.29) is 0 Å². The first kappa shape index (κ1) is 12.1. The van der Waals surface area contributed by atoms with Gasteiger partial charge in [0.15, 0.2) is 0 Å². The minimum Gasteiger partial charge on any atom is -0.297 e. The van der Waals surface area contributed by atoms with Crippen LogP contribution in [0.5, 0.6) is 0 Å². The summed E-state index contributed by atoms with van der Waals surface area (Å²) in [5.41, 5.74) is 2.45. The number of aromatic nitrogens is 2. The molecule has 1 aromatic heterocycles. The van der Waals surface area contributed by atoms with Gasteiger partial charge in [0, 0.05) is 25.5 Å². The van der Waals surface area contributed by atoms with Crippen LogP contribution in [-0.4, -0.2) is 33.1 Å². The first-order valence-electron chi connectivity index (χ1n) is 5.97. The van der Waals surface area contributed by atoms with E-state index in [1.165, 1.54) is 31.6 Å². The van der Waals surface area contributed by atoms with Gasteiger partial charge in [0.25, 0.3) is 0 Å². The molecule has 0 N–H and O–H groups in total. The molecule has 0 radical (unpaired) electrons. The van der Waals surface area contributed by atoms with Gasteiger partial charge >= 0.3 is 0 Å². The fourth-order valence-electron chi connectivity index (χ4n) is 2.49. The average Bonchev–Trinajstić information content (AvgIpc) is 2.76. The molecule has 0 saturated carbocycles. The van der Waals surface area contributed by atoms with Crippen LogP contribution in [0.4, 0.5) is 0 Å². The molecule has 4 heteroatoms. The van der Waals surface area contributed by atoms with Crippen LogP contribution < -0.4 is 0 Å². The van der Waals surface area contributed by atoms with Crippen molar-refractivity contribution >= 4 is 15.9 Å². The Balaban J connectivity index is 1.89. The SMILES string of the molecule is Cc1cc(CN2CCC(CCBr)C2)n(C)n1. The molecule has 16 heavy (non-hydrogen) atoms. The highest BCUT2D eigenvalue weighted by atomic mass is 79.9. The molecule has 1 atom stereocenters. The smallest absolute Gasteiger partial charge is 0.0597 e. The lowest BCUT2D eigenvalue weighted by Gasteiger charge is -2.15. The van der Waals surface area contributed by atoms with Crippen molar-refractivity contribution in [2.45, 2.75) is 26.3 Å². The predicted octanol–water partition coefficient (Wildman–Crippen LogP) is 2.34. The maximum Gasteiger partial charge on any atom is 0.0597 e. The number of nitrogens with zero attached hydrogens (tertiary/aromatic N) is 3. The second-order valence-corrected chi connectivity index (χ2v) is 5.56. The summed E-state index contributed by atoms with van der Waals surface area (Å²) in [6.07, 6.45) is 2.66. The molecule has 1 aliphatic rings. The summed E-state index contributed by atoms with van der Waals surface area (Å²) in [4.78, 5) is 2.55. The molecule has 0 aromatic carbocycles. The van der Waals surface area contributed by atoms with Gasteiger partial charge in [-0.15, -0.1) is 0 Å². The minimum absolute atomic E-state index is 0.883. The largest absolute Gasteiger partial charge is 0.297 e. The van der Waals surface area contributed by atoms with Crippen molar-refractivity contribution in [2.24, 2.45) is 13.0 Å². The molecule has 90 valence electrons. The van der Waals surface area contributed by atoms with E-state index in [0.29, 0.717) is 0 Å². The van der Waals surface area contributed by atoms with Crippen LogP contribution in [0.3, 0.4) is 0 Å². The lowest BCUT2D eigenvalue weighted by Crippen LogP contribution is -2.21. The third-order valence-electron chi connectivity index (χ3n) is 3.37. The zero-order chi connectivity index (χ0) is 11.5. The zero-order valence-electron chi connectivity index (χ0n) is 10.1. The summed E-state index contributed by atoms with van der Waals surface area (Å²) in [6, 6.07) is 2.19. The summed E-state index contributed by atoms with van der Waals surface area (Å²) in [5, 5.41) is 5.53. The molecule has 1 fully saturated rings. The number of rotatable bonds is 4. The maximum atomic E-state index is 4.39. The summed E-state index contributed by atoms with van der Waals surface area (Å²) >= 11 is 3.53. The molecule has 0 spiro atoms. The maximum absolute atomic E-state index is 4.39. The number of halogens is 1. The summed E-state index contributed by atoms with van der Waals surface area (Å²) < 4.78 is 2.01. The molecule has 1 saturated heterocycles. The van der Waals surface area contributed by atoms with Crippen molar-refractivity contribution in [1.82, 2.24) is 14.7 Å². The van der Waals surface area contributed by atoms with E-state index < -0.39 is 0 Å². The Bertz CT molecular complexity index is 348. The highest BCUT2D eigenvalue weighted by Crippen LogP contribution is 2.22. The van der Waals surface area contributed by atoms with Crippen LogP contribution in [-0.2, 0) is 13.6 Å². The Labute approximate surface area is 106 Å². The van der Waals surface area contributed by atoms with Gasteiger partial charge < -0.3 is 0 Å². The first-order chi connectivity index (χ1) is 7.69. The molecule has 2 heterocycles. The Kier molecular flexibility index (Phi) is 4.03. The van der Waals surface area contributed by atoms with E-state index in [0.717, 1.165) is 23.5 Å². The van der Waals surface area contributed by atoms with Crippen molar-refractivity contribution in [3.8, 4) is 0 Å². The lowest BCUT2D eigenvalue weighted by molar-refractivity contribution is 0.306. The third-order valence-corrected chi connectivity index (χ3v) is 3.83. The Morgan fingerprint density at radius 3 is 3.00 bits per heavy atom. The molecule has 1 aromatic rings. The van der Waals surface area contributed by atoms with Crippen molar-refractivity contribution in [3.05, 3.63) is 17.5 Å². The zero-order valence-corrected chi connectivity index (χ0v) is 11.7. The third kappa shape index (κ3) is 2.86. The fraction of sp³-hybridized carbons (Fsp3) is 0.750. The van der Waals surface area contributed by atoms with Gasteiger partial charge in [-0.25, -0.2) is 0 Å². The molecule has 0 aliphatic carbocycles. The van der Waals surface area contributed by atoms with Gasteiger partial charge in [-0.2, -0.15) is 5.10 Å². The predicted molar refractivity (Wildman–Crippen MR) is 69.7 cm³/mol. The van der Waals surface area contributed by atoms with E-state index in [2.05, 4.69) is 38.9 Å². The van der Waals surface area contributed by atoms with Gasteiger partial charge in [0.2, 0.25) is 0 Å². The normalized spacial score (nSPS) is 21.8. The topological polar surface area (TPSA) is 21.1 Å². The monoisotopic (exact) mass is 285 g/mol. The molecule has 0 amide bonds. The van der Waals surface area contributed by atoms with Gasteiger partial charge in [0.05, 0.1) is 11.4 Å². The number of hydrogen-bond acceptors (Lipinski definition) is 2. The van der Waals surface area contributed by atoms with Crippen LogP contribution in [0.2, 0.25) is 0 Å². The molecule has 1 unspecified atom stereocenters. The van der Waals surface area contributed by atoms with E-state index in [9.17, 15) is 0 Å². The summed E-state index contributed by atoms with van der Waals surface area (Å²) in [5.74, 6) is 0.883. The van der Waals surface area contributed by atoms with Crippen molar-refractivity contribution < 1.29 is 0 Å². The van der Waals surface area contributed by atoms with E-state index in [4.69, 9.17) is 0 Å². The second kappa shape index (κ2) is 5.32. The van der Waals surface area contributed by atoms with Crippen molar-refractivity contribution in [2.75, 3.05) is 18.4 Å². The standard InChI is InChI=1S/C12H20BrN3/c1-10-7-12(15(2)14-10)9-16-6-4-11(8-16)3-5-13/h7,11H,3-6,8-9H2,1-2H3. The minimum atomic E-state index is 0.883. The Morgan fingerprint density at radius 1 is 1.56 bits per heavy atom. The van der Waals surface area contributed by atoms with Crippen LogP contribution in [0, 0.1) is 12.8 Å². The van der Waals surface area contributed by atoms with Crippen LogP contribution in [0.15, 0.2) is 6.07 Å². The molecule has 1 aliphatic heterocycles. The highest BCUT2D eigenvalue weighted by molar-refractivity contribution is 9.09. The van der Waals surface area contributed by atoms with Gasteiger partial charge in [-0.3, -0.25) is 9.58 Å². The van der Waals surface area contributed by atoms with Gasteiger partial charge in [0.1, 0.15) is 0 Å². The number of aryl methyl sites for hydroxylation is 2. The lowest BCUT2D eigenvalue weighted by atomic mass is 10.1. The number of hydrogen-bond donors (Lipinski definition) is 0. The quantitative estimate of drug-likeness (QED) is 0.792. The Morgan fingerprint density at radius 2 is 2.38 bits per heavy atom. The van der Waals surface area contributed by atoms with E-state index in [1.54, 1.807) is 0 Å². The van der Waals surface area contributed by atoms with Crippen LogP contribution in [0.25, 0.3) is 0 Å². The number of likely N-dealkylation sites (tertiary alicyclic amines) is 1. The van der Waals surface area contributed by atoms with Gasteiger partial charge in [-0.1, -0.05) is 15.9 Å². The summed E-state index contributed by atoms with van der Waals surface area (Å²) in [6.45, 7) is 5.59. The fourth-order valence-corrected chi connectivity index (χ4v) is 3.14. The molecular weight excluding hydrogens is 266 g/mol. The summed E-state index contributed by atoms with van der Waals surface area (Å²) in [7, 11) is 2.04. The van der Waals surface area contributed by atoms with Crippen LogP contribution in [0.1, 0.15) is 24.2 Å². The first-order valence-corrected chi connectivity index (χ1v) is 7.09. The molecular formula is C12H20BrN3. The second-order valence-electron chi connectivity index (χ2n) is 4.77. The van der Waals surface area contributed by atoms with Gasteiger partial charge in [-0.05, 0) is 38.3 Å². The Hall–Kier alpha value is -0.350. The molecule has 3 nitrogen and oxygen atoms in total. The molecule has 2 rings (SSSR count). The van der Waals surface area contributed by atoms with E-state index >= 15 is 0 Å². The molecule has 0 bridgehead atoms. The van der Waals surface area contributed by atoms with E-state index in [1.807, 2.05) is 11.7 Å². The van der Waals surface area contributed by atoms with Crippen molar-refractivity contribution in [1.29, 1.82) is 0 Å².